The number of benzene rings is 1. The van der Waals surface area contributed by atoms with Crippen LogP contribution in [0.5, 0.6) is 5.75 Å². The number of hydrogen-bond donors (Lipinski definition) is 3. The second kappa shape index (κ2) is 12.9. The molecule has 0 spiro atoms. The van der Waals surface area contributed by atoms with E-state index in [0.29, 0.717) is 28.6 Å². The standard InChI is InChI=1S/C24H29ClFN7O2/c1-33(2)12-11-27-8-4-9-29-24(34)18-14-28-10-7-20(18)31-23-21(35-3)15-30-22(32-23)17-13-16(25)5-6-19(17)26/h5-7,10,13-15,27H,4,8-9,11-12H2,1-3H3,(H,29,34)(H,28,30,31,32). The zero-order chi connectivity index (χ0) is 25.2. The van der Waals surface area contributed by atoms with E-state index in [4.69, 9.17) is 16.3 Å². The minimum absolute atomic E-state index is 0.120. The van der Waals surface area contributed by atoms with Crippen LogP contribution < -0.4 is 20.7 Å². The molecule has 3 aromatic rings. The number of aromatic nitrogens is 3. The maximum absolute atomic E-state index is 14.4. The Hall–Kier alpha value is -3.34. The number of ether oxygens (including phenoxy) is 1. The van der Waals surface area contributed by atoms with Gasteiger partial charge in [0.25, 0.3) is 5.91 Å². The second-order valence-electron chi connectivity index (χ2n) is 7.94. The summed E-state index contributed by atoms with van der Waals surface area (Å²) in [5.74, 6) is -0.0748. The average molecular weight is 502 g/mol. The van der Waals surface area contributed by atoms with E-state index in [1.807, 2.05) is 14.1 Å². The molecule has 0 bridgehead atoms. The van der Waals surface area contributed by atoms with Gasteiger partial charge in [0.1, 0.15) is 5.82 Å². The molecular formula is C24H29ClFN7O2. The van der Waals surface area contributed by atoms with Gasteiger partial charge in [0.2, 0.25) is 0 Å². The molecule has 0 radical (unpaired) electrons. The van der Waals surface area contributed by atoms with Gasteiger partial charge >= 0.3 is 0 Å². The van der Waals surface area contributed by atoms with Crippen LogP contribution in [0.25, 0.3) is 11.4 Å². The molecule has 0 fully saturated rings. The van der Waals surface area contributed by atoms with Crippen LogP contribution in [-0.4, -0.2) is 73.1 Å². The van der Waals surface area contributed by atoms with E-state index in [1.54, 1.807) is 12.3 Å². The van der Waals surface area contributed by atoms with Gasteiger partial charge in [-0.25, -0.2) is 14.4 Å². The molecule has 0 aliphatic rings. The highest BCUT2D eigenvalue weighted by Gasteiger charge is 2.17. The number of methoxy groups -OCH3 is 1. The van der Waals surface area contributed by atoms with E-state index in [9.17, 15) is 9.18 Å². The van der Waals surface area contributed by atoms with Gasteiger partial charge in [-0.1, -0.05) is 11.6 Å². The number of halogens is 2. The monoisotopic (exact) mass is 501 g/mol. The molecule has 0 saturated carbocycles. The summed E-state index contributed by atoms with van der Waals surface area (Å²) in [6.07, 6.45) is 5.24. The summed E-state index contributed by atoms with van der Waals surface area (Å²) in [6.45, 7) is 3.15. The van der Waals surface area contributed by atoms with Crippen LogP contribution in [0, 0.1) is 5.82 Å². The molecule has 2 heterocycles. The lowest BCUT2D eigenvalue weighted by molar-refractivity contribution is 0.0953. The Labute approximate surface area is 209 Å². The van der Waals surface area contributed by atoms with E-state index in [2.05, 4.69) is 35.8 Å². The third kappa shape index (κ3) is 7.57. The average Bonchev–Trinajstić information content (AvgIpc) is 2.85. The van der Waals surface area contributed by atoms with Crippen molar-refractivity contribution < 1.29 is 13.9 Å². The van der Waals surface area contributed by atoms with Gasteiger partial charge in [-0.15, -0.1) is 0 Å². The molecule has 1 aromatic carbocycles. The maximum Gasteiger partial charge on any atom is 0.254 e. The van der Waals surface area contributed by atoms with E-state index in [-0.39, 0.29) is 23.1 Å². The van der Waals surface area contributed by atoms with Crippen LogP contribution in [0.4, 0.5) is 15.9 Å². The third-order valence-corrected chi connectivity index (χ3v) is 5.25. The quantitative estimate of drug-likeness (QED) is 0.325. The molecule has 3 rings (SSSR count). The van der Waals surface area contributed by atoms with Crippen molar-refractivity contribution >= 4 is 29.0 Å². The smallest absolute Gasteiger partial charge is 0.254 e. The van der Waals surface area contributed by atoms with Crippen LogP contribution in [0.1, 0.15) is 16.8 Å². The number of nitrogens with zero attached hydrogens (tertiary/aromatic N) is 4. The number of carbonyl (C=O) groups excluding carboxylic acids is 1. The fourth-order valence-corrected chi connectivity index (χ4v) is 3.33. The highest BCUT2D eigenvalue weighted by atomic mass is 35.5. The predicted molar refractivity (Wildman–Crippen MR) is 135 cm³/mol. The molecule has 0 saturated heterocycles. The summed E-state index contributed by atoms with van der Waals surface area (Å²) in [5, 5.41) is 9.69. The normalized spacial score (nSPS) is 10.9. The molecule has 0 aliphatic heterocycles. The van der Waals surface area contributed by atoms with E-state index < -0.39 is 5.82 Å². The number of hydrogen-bond acceptors (Lipinski definition) is 8. The lowest BCUT2D eigenvalue weighted by atomic mass is 10.2. The summed E-state index contributed by atoms with van der Waals surface area (Å²) < 4.78 is 19.7. The minimum Gasteiger partial charge on any atom is -0.491 e. The first-order valence-corrected chi connectivity index (χ1v) is 11.5. The van der Waals surface area contributed by atoms with Gasteiger partial charge in [-0.3, -0.25) is 9.78 Å². The van der Waals surface area contributed by atoms with Crippen LogP contribution >= 0.6 is 11.6 Å². The van der Waals surface area contributed by atoms with Crippen LogP contribution in [0.15, 0.2) is 42.9 Å². The van der Waals surface area contributed by atoms with Gasteiger partial charge < -0.3 is 25.6 Å². The highest BCUT2D eigenvalue weighted by Crippen LogP contribution is 2.30. The van der Waals surface area contributed by atoms with E-state index in [1.165, 1.54) is 37.7 Å². The Morgan fingerprint density at radius 3 is 2.77 bits per heavy atom. The fourth-order valence-electron chi connectivity index (χ4n) is 3.16. The van der Waals surface area contributed by atoms with Crippen LogP contribution in [-0.2, 0) is 0 Å². The summed E-state index contributed by atoms with van der Waals surface area (Å²) in [6, 6.07) is 5.80. The molecule has 0 aliphatic carbocycles. The summed E-state index contributed by atoms with van der Waals surface area (Å²) in [4.78, 5) is 27.6. The number of pyridine rings is 1. The molecule has 0 unspecified atom stereocenters. The minimum atomic E-state index is -0.509. The fraction of sp³-hybridized carbons (Fsp3) is 0.333. The maximum atomic E-state index is 14.4. The van der Waals surface area contributed by atoms with Crippen molar-refractivity contribution in [1.29, 1.82) is 0 Å². The number of likely N-dealkylation sites (N-methyl/N-ethyl adjacent to an activating group) is 1. The molecule has 35 heavy (non-hydrogen) atoms. The third-order valence-electron chi connectivity index (χ3n) is 5.01. The van der Waals surface area contributed by atoms with Gasteiger partial charge in [0, 0.05) is 37.1 Å². The molecule has 1 amide bonds. The van der Waals surface area contributed by atoms with Gasteiger partial charge in [0.15, 0.2) is 17.4 Å². The van der Waals surface area contributed by atoms with Crippen LogP contribution in [0.3, 0.4) is 0 Å². The Morgan fingerprint density at radius 1 is 1.17 bits per heavy atom. The van der Waals surface area contributed by atoms with Crippen molar-refractivity contribution in [2.45, 2.75) is 6.42 Å². The van der Waals surface area contributed by atoms with Gasteiger partial charge in [0.05, 0.1) is 30.1 Å². The predicted octanol–water partition coefficient (Wildman–Crippen LogP) is 3.35. The SMILES string of the molecule is COc1cnc(-c2cc(Cl)ccc2F)nc1Nc1ccncc1C(=O)NCCCNCCN(C)C. The first-order valence-electron chi connectivity index (χ1n) is 11.1. The Bertz CT molecular complexity index is 1150. The molecule has 0 atom stereocenters. The largest absolute Gasteiger partial charge is 0.491 e. The lowest BCUT2D eigenvalue weighted by Gasteiger charge is -2.14. The summed E-state index contributed by atoms with van der Waals surface area (Å²) in [7, 11) is 5.51. The van der Waals surface area contributed by atoms with Crippen molar-refractivity contribution in [2.24, 2.45) is 0 Å². The Balaban J connectivity index is 1.72. The van der Waals surface area contributed by atoms with Gasteiger partial charge in [-0.2, -0.15) is 0 Å². The van der Waals surface area contributed by atoms with Gasteiger partial charge in [-0.05, 0) is 51.3 Å². The van der Waals surface area contributed by atoms with E-state index in [0.717, 1.165) is 26.1 Å². The molecule has 3 N–H and O–H groups in total. The summed E-state index contributed by atoms with van der Waals surface area (Å²) in [5.41, 5.74) is 0.954. The molecule has 186 valence electrons. The second-order valence-corrected chi connectivity index (χ2v) is 8.38. The molecule has 2 aromatic heterocycles. The molecule has 11 heteroatoms. The highest BCUT2D eigenvalue weighted by molar-refractivity contribution is 6.30. The van der Waals surface area contributed by atoms with E-state index >= 15 is 0 Å². The van der Waals surface area contributed by atoms with Crippen molar-refractivity contribution in [3.63, 3.8) is 0 Å². The number of rotatable bonds is 12. The first-order chi connectivity index (χ1) is 16.9. The Morgan fingerprint density at radius 2 is 2.00 bits per heavy atom. The summed E-state index contributed by atoms with van der Waals surface area (Å²) >= 11 is 6.02. The number of amides is 1. The molecular weight excluding hydrogens is 473 g/mol. The zero-order valence-corrected chi connectivity index (χ0v) is 20.7. The van der Waals surface area contributed by atoms with Crippen molar-refractivity contribution in [2.75, 3.05) is 52.7 Å². The zero-order valence-electron chi connectivity index (χ0n) is 19.9. The van der Waals surface area contributed by atoms with Crippen molar-refractivity contribution in [3.8, 4) is 17.1 Å². The van der Waals surface area contributed by atoms with Crippen LogP contribution in [0.2, 0.25) is 5.02 Å². The van der Waals surface area contributed by atoms with Crippen molar-refractivity contribution in [3.05, 3.63) is 59.3 Å². The first kappa shape index (κ1) is 26.3. The van der Waals surface area contributed by atoms with Crippen molar-refractivity contribution in [1.82, 2.24) is 30.5 Å². The topological polar surface area (TPSA) is 104 Å². The number of anilines is 2. The molecule has 9 nitrogen and oxygen atoms in total. The number of carbonyl (C=O) groups is 1. The lowest BCUT2D eigenvalue weighted by Crippen LogP contribution is -2.30. The Kier molecular flexibility index (Phi) is 9.71. The number of nitrogens with one attached hydrogen (secondary N) is 3.